The Hall–Kier alpha value is -2.30. The van der Waals surface area contributed by atoms with Gasteiger partial charge in [0.1, 0.15) is 5.75 Å². The highest BCUT2D eigenvalue weighted by Crippen LogP contribution is 2.22. The van der Waals surface area contributed by atoms with Crippen molar-refractivity contribution in [1.29, 1.82) is 0 Å². The molecule has 4 rings (SSSR count). The first-order valence-corrected chi connectivity index (χ1v) is 10.8. The molecule has 1 atom stereocenters. The van der Waals surface area contributed by atoms with Gasteiger partial charge in [-0.25, -0.2) is 0 Å². The van der Waals surface area contributed by atoms with Crippen molar-refractivity contribution >= 4 is 10.9 Å². The van der Waals surface area contributed by atoms with Gasteiger partial charge in [0.05, 0.1) is 7.11 Å². The van der Waals surface area contributed by atoms with Crippen molar-refractivity contribution in [2.45, 2.75) is 25.8 Å². The number of aromatic nitrogens is 1. The van der Waals surface area contributed by atoms with Crippen LogP contribution >= 0.6 is 0 Å². The van der Waals surface area contributed by atoms with Gasteiger partial charge in [0, 0.05) is 43.3 Å². The lowest BCUT2D eigenvalue weighted by molar-refractivity contribution is 0.142. The van der Waals surface area contributed by atoms with Crippen LogP contribution in [0, 0.1) is 5.92 Å². The van der Waals surface area contributed by atoms with E-state index in [9.17, 15) is 0 Å². The minimum absolute atomic E-state index is 0.759. The maximum Gasteiger partial charge on any atom is 0.118 e. The molecule has 0 unspecified atom stereocenters. The second kappa shape index (κ2) is 9.47. The Bertz CT molecular complexity index is 902. The van der Waals surface area contributed by atoms with Crippen molar-refractivity contribution in [2.24, 2.45) is 5.92 Å². The fraction of sp³-hybridized carbons (Fsp3) is 0.440. The fourth-order valence-electron chi connectivity index (χ4n) is 4.64. The molecule has 1 fully saturated rings. The first kappa shape index (κ1) is 20.0. The minimum atomic E-state index is 0.759. The molecule has 0 aliphatic carbocycles. The van der Waals surface area contributed by atoms with Crippen molar-refractivity contribution in [1.82, 2.24) is 14.8 Å². The monoisotopic (exact) mass is 391 g/mol. The van der Waals surface area contributed by atoms with Crippen molar-refractivity contribution in [3.05, 3.63) is 65.9 Å². The lowest BCUT2D eigenvalue weighted by Gasteiger charge is -2.34. The van der Waals surface area contributed by atoms with Crippen LogP contribution in [0.1, 0.15) is 24.0 Å². The molecule has 0 spiro atoms. The topological polar surface area (TPSA) is 31.5 Å². The number of benzene rings is 2. The van der Waals surface area contributed by atoms with Crippen molar-refractivity contribution in [2.75, 3.05) is 40.3 Å². The van der Waals surface area contributed by atoms with Gasteiger partial charge in [0.15, 0.2) is 0 Å². The summed E-state index contributed by atoms with van der Waals surface area (Å²) in [7, 11) is 3.98. The molecule has 1 aliphatic heterocycles. The summed E-state index contributed by atoms with van der Waals surface area (Å²) in [6, 6.07) is 17.1. The zero-order valence-corrected chi connectivity index (χ0v) is 17.7. The number of H-pyrrole nitrogens is 1. The first-order valence-electron chi connectivity index (χ1n) is 10.8. The average Bonchev–Trinajstić information content (AvgIpc) is 3.15. The normalized spacial score (nSPS) is 17.8. The summed E-state index contributed by atoms with van der Waals surface area (Å²) in [6.45, 7) is 5.77. The van der Waals surface area contributed by atoms with E-state index in [1.165, 1.54) is 54.5 Å². The second-order valence-corrected chi connectivity index (χ2v) is 8.46. The maximum absolute atomic E-state index is 5.26. The van der Waals surface area contributed by atoms with Gasteiger partial charge in [0.2, 0.25) is 0 Å². The molecule has 4 heteroatoms. The van der Waals surface area contributed by atoms with Crippen molar-refractivity contribution in [3.63, 3.8) is 0 Å². The molecule has 0 radical (unpaired) electrons. The van der Waals surface area contributed by atoms with E-state index < -0.39 is 0 Å². The summed E-state index contributed by atoms with van der Waals surface area (Å²) < 4.78 is 5.26. The van der Waals surface area contributed by atoms with Crippen LogP contribution in [0.25, 0.3) is 10.9 Å². The molecule has 2 heterocycles. The Balaban J connectivity index is 1.26. The van der Waals surface area contributed by atoms with Gasteiger partial charge in [-0.3, -0.25) is 0 Å². The number of aromatic amines is 1. The van der Waals surface area contributed by atoms with Gasteiger partial charge in [-0.15, -0.1) is 0 Å². The molecule has 1 aliphatic rings. The lowest BCUT2D eigenvalue weighted by Crippen LogP contribution is -2.40. The minimum Gasteiger partial charge on any atom is -0.497 e. The summed E-state index contributed by atoms with van der Waals surface area (Å²) >= 11 is 0. The standard InChI is InChI=1S/C25H33N3O/c1-27(19-22-16-26-25-8-4-3-7-24(22)25)17-21-6-5-14-28(18-21)15-13-20-9-11-23(29-2)12-10-20/h3-4,7-12,16,21,26H,5-6,13-15,17-19H2,1-2H3/t21-/m0/s1. The number of rotatable bonds is 8. The summed E-state index contributed by atoms with van der Waals surface area (Å²) in [6.07, 6.45) is 5.94. The van der Waals surface area contributed by atoms with Crippen LogP contribution in [0.15, 0.2) is 54.7 Å². The Morgan fingerprint density at radius 2 is 1.97 bits per heavy atom. The smallest absolute Gasteiger partial charge is 0.118 e. The number of likely N-dealkylation sites (tertiary alicyclic amines) is 1. The second-order valence-electron chi connectivity index (χ2n) is 8.46. The number of nitrogens with one attached hydrogen (secondary N) is 1. The van der Waals surface area contributed by atoms with E-state index in [1.54, 1.807) is 7.11 Å². The third kappa shape index (κ3) is 5.20. The number of hydrogen-bond donors (Lipinski definition) is 1. The fourth-order valence-corrected chi connectivity index (χ4v) is 4.64. The quantitative estimate of drug-likeness (QED) is 0.611. The van der Waals surface area contributed by atoms with E-state index in [-0.39, 0.29) is 0 Å². The van der Waals surface area contributed by atoms with Crippen molar-refractivity contribution < 1.29 is 4.74 Å². The predicted octanol–water partition coefficient (Wildman–Crippen LogP) is 4.56. The summed E-state index contributed by atoms with van der Waals surface area (Å²) in [5, 5.41) is 1.35. The highest BCUT2D eigenvalue weighted by atomic mass is 16.5. The van der Waals surface area contributed by atoms with Gasteiger partial charge >= 0.3 is 0 Å². The number of nitrogens with zero attached hydrogens (tertiary/aromatic N) is 2. The van der Waals surface area contributed by atoms with E-state index in [0.717, 1.165) is 31.2 Å². The molecule has 29 heavy (non-hydrogen) atoms. The van der Waals surface area contributed by atoms with Gasteiger partial charge in [-0.05, 0) is 68.1 Å². The summed E-state index contributed by atoms with van der Waals surface area (Å²) in [4.78, 5) is 8.54. The molecule has 3 aromatic rings. The van der Waals surface area contributed by atoms with Crippen LogP contribution in [0.5, 0.6) is 5.75 Å². The molecule has 0 saturated carbocycles. The molecular formula is C25H33N3O. The maximum atomic E-state index is 5.26. The van der Waals surface area contributed by atoms with Crippen LogP contribution in [-0.4, -0.2) is 55.1 Å². The van der Waals surface area contributed by atoms with Gasteiger partial charge < -0.3 is 19.5 Å². The lowest BCUT2D eigenvalue weighted by atomic mass is 9.97. The zero-order chi connectivity index (χ0) is 20.1. The molecule has 0 bridgehead atoms. The van der Waals surface area contributed by atoms with Crippen LogP contribution < -0.4 is 4.74 Å². The molecule has 2 aromatic carbocycles. The Morgan fingerprint density at radius 3 is 2.79 bits per heavy atom. The van der Waals surface area contributed by atoms with Crippen LogP contribution in [0.2, 0.25) is 0 Å². The molecule has 1 N–H and O–H groups in total. The van der Waals surface area contributed by atoms with Crippen molar-refractivity contribution in [3.8, 4) is 5.75 Å². The van der Waals surface area contributed by atoms with E-state index in [2.05, 4.69) is 76.6 Å². The molecule has 1 saturated heterocycles. The molecule has 1 aromatic heterocycles. The Morgan fingerprint density at radius 1 is 1.14 bits per heavy atom. The van der Waals surface area contributed by atoms with E-state index in [0.29, 0.717) is 0 Å². The van der Waals surface area contributed by atoms with E-state index in [1.807, 2.05) is 0 Å². The summed E-state index contributed by atoms with van der Waals surface area (Å²) in [5.41, 5.74) is 4.03. The number of piperidine rings is 1. The number of ether oxygens (including phenoxy) is 1. The Kier molecular flexibility index (Phi) is 6.53. The highest BCUT2D eigenvalue weighted by Gasteiger charge is 2.21. The number of hydrogen-bond acceptors (Lipinski definition) is 3. The van der Waals surface area contributed by atoms with Gasteiger partial charge in [0.25, 0.3) is 0 Å². The highest BCUT2D eigenvalue weighted by molar-refractivity contribution is 5.82. The number of para-hydroxylation sites is 1. The van der Waals surface area contributed by atoms with E-state index in [4.69, 9.17) is 4.74 Å². The molecule has 4 nitrogen and oxygen atoms in total. The third-order valence-electron chi connectivity index (χ3n) is 6.16. The largest absolute Gasteiger partial charge is 0.497 e. The van der Waals surface area contributed by atoms with Crippen LogP contribution in [-0.2, 0) is 13.0 Å². The molecular weight excluding hydrogens is 358 g/mol. The van der Waals surface area contributed by atoms with E-state index >= 15 is 0 Å². The molecule has 0 amide bonds. The summed E-state index contributed by atoms with van der Waals surface area (Å²) in [5.74, 6) is 1.69. The van der Waals surface area contributed by atoms with Gasteiger partial charge in [-0.1, -0.05) is 30.3 Å². The third-order valence-corrected chi connectivity index (χ3v) is 6.16. The first-order chi connectivity index (χ1) is 14.2. The van der Waals surface area contributed by atoms with Crippen LogP contribution in [0.4, 0.5) is 0 Å². The zero-order valence-electron chi connectivity index (χ0n) is 17.7. The predicted molar refractivity (Wildman–Crippen MR) is 120 cm³/mol. The average molecular weight is 392 g/mol. The van der Waals surface area contributed by atoms with Gasteiger partial charge in [-0.2, -0.15) is 0 Å². The number of fused-ring (bicyclic) bond motifs is 1. The Labute approximate surface area is 174 Å². The van der Waals surface area contributed by atoms with Crippen LogP contribution in [0.3, 0.4) is 0 Å². The number of methoxy groups -OCH3 is 1. The SMILES string of the molecule is COc1ccc(CCN2CCC[C@@H](CN(C)Cc3c[nH]c4ccccc34)C2)cc1. The molecule has 154 valence electrons.